The Bertz CT molecular complexity index is 206. The monoisotopic (exact) mass is 212 g/mol. The maximum atomic E-state index is 10.7. The summed E-state index contributed by atoms with van der Waals surface area (Å²) in [5, 5.41) is 0. The number of hydrogen-bond donors (Lipinski definition) is 0. The number of likely N-dealkylation sites (N-methyl/N-ethyl adjacent to an activating group) is 1. The zero-order valence-corrected chi connectivity index (χ0v) is 10.4. The maximum absolute atomic E-state index is 10.7. The maximum Gasteiger partial charge on any atom is 0.124 e. The second-order valence-electron chi connectivity index (χ2n) is 5.18. The lowest BCUT2D eigenvalue weighted by molar-refractivity contribution is -0.111. The highest BCUT2D eigenvalue weighted by molar-refractivity contribution is 5.53. The molecule has 1 saturated heterocycles. The molecule has 0 aromatic carbocycles. The van der Waals surface area contributed by atoms with Crippen LogP contribution in [0.4, 0.5) is 0 Å². The first-order valence-corrected chi connectivity index (χ1v) is 5.92. The van der Waals surface area contributed by atoms with Gasteiger partial charge in [0, 0.05) is 38.1 Å². The van der Waals surface area contributed by atoms with Crippen molar-refractivity contribution in [2.24, 2.45) is 11.8 Å². The van der Waals surface area contributed by atoms with Crippen LogP contribution in [0, 0.1) is 11.8 Å². The molecular weight excluding hydrogens is 188 g/mol. The van der Waals surface area contributed by atoms with E-state index in [-0.39, 0.29) is 5.92 Å². The zero-order chi connectivity index (χ0) is 11.4. The van der Waals surface area contributed by atoms with Crippen molar-refractivity contribution in [2.75, 3.05) is 33.2 Å². The van der Waals surface area contributed by atoms with Crippen molar-refractivity contribution in [3.05, 3.63) is 0 Å². The van der Waals surface area contributed by atoms with E-state index in [1.165, 1.54) is 0 Å². The summed E-state index contributed by atoms with van der Waals surface area (Å²) in [5.74, 6) is 0.821. The van der Waals surface area contributed by atoms with Gasteiger partial charge in [0.15, 0.2) is 0 Å². The quantitative estimate of drug-likeness (QED) is 0.652. The van der Waals surface area contributed by atoms with Crippen molar-refractivity contribution in [1.29, 1.82) is 0 Å². The van der Waals surface area contributed by atoms with E-state index in [2.05, 4.69) is 30.7 Å². The number of piperazine rings is 1. The van der Waals surface area contributed by atoms with Crippen LogP contribution in [0.5, 0.6) is 0 Å². The Morgan fingerprint density at radius 2 is 2.00 bits per heavy atom. The van der Waals surface area contributed by atoms with E-state index in [1.807, 2.05) is 6.92 Å². The van der Waals surface area contributed by atoms with Gasteiger partial charge in [-0.15, -0.1) is 0 Å². The molecule has 88 valence electrons. The van der Waals surface area contributed by atoms with Crippen molar-refractivity contribution in [3.63, 3.8) is 0 Å². The molecule has 1 rings (SSSR count). The lowest BCUT2D eigenvalue weighted by Gasteiger charge is -2.42. The first-order chi connectivity index (χ1) is 7.04. The first kappa shape index (κ1) is 12.7. The Labute approximate surface area is 93.4 Å². The summed E-state index contributed by atoms with van der Waals surface area (Å²) >= 11 is 0. The number of hydrogen-bond acceptors (Lipinski definition) is 3. The van der Waals surface area contributed by atoms with Gasteiger partial charge in [-0.2, -0.15) is 0 Å². The number of rotatable bonds is 4. The van der Waals surface area contributed by atoms with Gasteiger partial charge in [-0.05, 0) is 13.0 Å². The van der Waals surface area contributed by atoms with Crippen LogP contribution >= 0.6 is 0 Å². The lowest BCUT2D eigenvalue weighted by atomic mass is 9.98. The fraction of sp³-hybridized carbons (Fsp3) is 0.917. The normalized spacial score (nSPS) is 26.9. The Morgan fingerprint density at radius 3 is 2.53 bits per heavy atom. The molecule has 3 nitrogen and oxygen atoms in total. The molecule has 0 aliphatic carbocycles. The molecule has 15 heavy (non-hydrogen) atoms. The Morgan fingerprint density at radius 1 is 1.33 bits per heavy atom. The molecule has 0 bridgehead atoms. The fourth-order valence-electron chi connectivity index (χ4n) is 2.26. The zero-order valence-electron chi connectivity index (χ0n) is 10.4. The van der Waals surface area contributed by atoms with E-state index in [0.29, 0.717) is 12.0 Å². The molecule has 0 aromatic rings. The standard InChI is InChI=1S/C12H24N2O/c1-10(2)12-8-13(4)5-6-14(12)7-11(3)9-15/h9-12H,5-8H2,1-4H3. The number of carbonyl (C=O) groups excluding carboxylic acids is 1. The smallest absolute Gasteiger partial charge is 0.124 e. The van der Waals surface area contributed by atoms with Gasteiger partial charge in [0.1, 0.15) is 6.29 Å². The summed E-state index contributed by atoms with van der Waals surface area (Å²) in [6.07, 6.45) is 1.07. The lowest BCUT2D eigenvalue weighted by Crippen LogP contribution is -2.55. The van der Waals surface area contributed by atoms with Gasteiger partial charge in [-0.1, -0.05) is 20.8 Å². The van der Waals surface area contributed by atoms with Gasteiger partial charge < -0.3 is 9.69 Å². The summed E-state index contributed by atoms with van der Waals surface area (Å²) in [6.45, 7) is 10.8. The third-order valence-corrected chi connectivity index (χ3v) is 3.26. The molecule has 0 saturated carbocycles. The topological polar surface area (TPSA) is 23.6 Å². The van der Waals surface area contributed by atoms with E-state index in [9.17, 15) is 4.79 Å². The predicted molar refractivity (Wildman–Crippen MR) is 62.9 cm³/mol. The Hall–Kier alpha value is -0.410. The number of carbonyl (C=O) groups is 1. The fourth-order valence-corrected chi connectivity index (χ4v) is 2.26. The Kier molecular flexibility index (Phi) is 4.74. The van der Waals surface area contributed by atoms with E-state index in [0.717, 1.165) is 32.5 Å². The third-order valence-electron chi connectivity index (χ3n) is 3.26. The summed E-state index contributed by atoms with van der Waals surface area (Å²) in [5.41, 5.74) is 0. The second kappa shape index (κ2) is 5.61. The van der Waals surface area contributed by atoms with E-state index < -0.39 is 0 Å². The largest absolute Gasteiger partial charge is 0.304 e. The molecule has 1 aliphatic rings. The molecule has 1 fully saturated rings. The number of aldehydes is 1. The molecule has 0 N–H and O–H groups in total. The molecule has 3 heteroatoms. The summed E-state index contributed by atoms with van der Waals surface area (Å²) < 4.78 is 0. The van der Waals surface area contributed by atoms with Crippen LogP contribution < -0.4 is 0 Å². The van der Waals surface area contributed by atoms with Gasteiger partial charge in [-0.25, -0.2) is 0 Å². The minimum Gasteiger partial charge on any atom is -0.304 e. The minimum atomic E-state index is 0.162. The van der Waals surface area contributed by atoms with Crippen LogP contribution in [-0.2, 0) is 4.79 Å². The summed E-state index contributed by atoms with van der Waals surface area (Å²) in [4.78, 5) is 15.5. The molecule has 1 aliphatic heterocycles. The average Bonchev–Trinajstić information content (AvgIpc) is 2.20. The minimum absolute atomic E-state index is 0.162. The van der Waals surface area contributed by atoms with Gasteiger partial charge >= 0.3 is 0 Å². The second-order valence-corrected chi connectivity index (χ2v) is 5.18. The van der Waals surface area contributed by atoms with Crippen molar-refractivity contribution in [2.45, 2.75) is 26.8 Å². The average molecular weight is 212 g/mol. The summed E-state index contributed by atoms with van der Waals surface area (Å²) in [7, 11) is 2.18. The first-order valence-electron chi connectivity index (χ1n) is 5.92. The van der Waals surface area contributed by atoms with Crippen molar-refractivity contribution in [3.8, 4) is 0 Å². The van der Waals surface area contributed by atoms with Crippen LogP contribution in [0.15, 0.2) is 0 Å². The summed E-state index contributed by atoms with van der Waals surface area (Å²) in [6, 6.07) is 0.603. The van der Waals surface area contributed by atoms with E-state index >= 15 is 0 Å². The van der Waals surface area contributed by atoms with Gasteiger partial charge in [0.25, 0.3) is 0 Å². The highest BCUT2D eigenvalue weighted by Gasteiger charge is 2.28. The molecule has 0 aromatic heterocycles. The molecule has 0 spiro atoms. The van der Waals surface area contributed by atoms with Gasteiger partial charge in [0.05, 0.1) is 0 Å². The van der Waals surface area contributed by atoms with E-state index in [1.54, 1.807) is 0 Å². The van der Waals surface area contributed by atoms with Crippen molar-refractivity contribution >= 4 is 6.29 Å². The molecule has 0 amide bonds. The van der Waals surface area contributed by atoms with Gasteiger partial charge in [0.2, 0.25) is 0 Å². The van der Waals surface area contributed by atoms with Crippen LogP contribution in [0.2, 0.25) is 0 Å². The van der Waals surface area contributed by atoms with Crippen molar-refractivity contribution in [1.82, 2.24) is 9.80 Å². The third kappa shape index (κ3) is 3.58. The molecule has 2 atom stereocenters. The highest BCUT2D eigenvalue weighted by atomic mass is 16.1. The van der Waals surface area contributed by atoms with Gasteiger partial charge in [-0.3, -0.25) is 4.90 Å². The molecule has 0 radical (unpaired) electrons. The van der Waals surface area contributed by atoms with Crippen LogP contribution in [0.1, 0.15) is 20.8 Å². The molecular formula is C12H24N2O. The highest BCUT2D eigenvalue weighted by Crippen LogP contribution is 2.17. The molecule has 2 unspecified atom stereocenters. The van der Waals surface area contributed by atoms with Crippen LogP contribution in [0.25, 0.3) is 0 Å². The predicted octanol–water partition coefficient (Wildman–Crippen LogP) is 1.09. The van der Waals surface area contributed by atoms with Crippen LogP contribution in [-0.4, -0.2) is 55.4 Å². The number of nitrogens with zero attached hydrogens (tertiary/aromatic N) is 2. The molecule has 1 heterocycles. The Balaban J connectivity index is 2.56. The SMILES string of the molecule is CC(C=O)CN1CCN(C)CC1C(C)C. The van der Waals surface area contributed by atoms with Crippen LogP contribution in [0.3, 0.4) is 0 Å². The van der Waals surface area contributed by atoms with Crippen molar-refractivity contribution < 1.29 is 4.79 Å². The van der Waals surface area contributed by atoms with E-state index in [4.69, 9.17) is 0 Å².